The first kappa shape index (κ1) is 21.9. The minimum absolute atomic E-state index is 0.104. The number of halogens is 1. The number of methoxy groups -OCH3 is 1. The van der Waals surface area contributed by atoms with Gasteiger partial charge in [-0.2, -0.15) is 0 Å². The van der Waals surface area contributed by atoms with Crippen LogP contribution in [0.2, 0.25) is 0 Å². The minimum atomic E-state index is -0.378. The van der Waals surface area contributed by atoms with E-state index in [1.807, 2.05) is 24.3 Å². The second-order valence-electron chi connectivity index (χ2n) is 8.25. The first-order valence-corrected chi connectivity index (χ1v) is 11.2. The van der Waals surface area contributed by atoms with Gasteiger partial charge in [0.15, 0.2) is 0 Å². The first-order valence-electron chi connectivity index (χ1n) is 11.2. The van der Waals surface area contributed by atoms with Gasteiger partial charge < -0.3 is 18.6 Å². The zero-order valence-electron chi connectivity index (χ0n) is 18.7. The van der Waals surface area contributed by atoms with Gasteiger partial charge in [-0.3, -0.25) is 4.79 Å². The smallest absolute Gasteiger partial charge is 0.293 e. The van der Waals surface area contributed by atoms with Gasteiger partial charge in [-0.25, -0.2) is 9.37 Å². The van der Waals surface area contributed by atoms with Crippen LogP contribution in [0.1, 0.15) is 53.1 Å². The molecule has 5 rings (SSSR count). The summed E-state index contributed by atoms with van der Waals surface area (Å²) in [6.07, 6.45) is 4.82. The van der Waals surface area contributed by atoms with E-state index >= 15 is 0 Å². The first-order chi connectivity index (χ1) is 16.6. The van der Waals surface area contributed by atoms with Crippen LogP contribution in [0.15, 0.2) is 69.7 Å². The van der Waals surface area contributed by atoms with Gasteiger partial charge in [0.1, 0.15) is 29.1 Å². The highest BCUT2D eigenvalue weighted by atomic mass is 19.1. The number of ether oxygens (including phenoxy) is 1. The standard InChI is InChI=1S/C26H24FN3O4/c1-32-23-11-3-2-7-18(23)14-20-16-28-25(33-20)22-10-4-5-12-30(22)26(31)24-15-21(29-34-24)17-8-6-9-19(27)13-17/h2-3,6-9,11,13,15-16,22H,4-5,10,12,14H2,1H3. The molecule has 1 amide bonds. The zero-order chi connectivity index (χ0) is 23.5. The molecule has 0 radical (unpaired) electrons. The third-order valence-electron chi connectivity index (χ3n) is 6.02. The fraction of sp³-hybridized carbons (Fsp3) is 0.269. The molecule has 3 heterocycles. The number of carbonyl (C=O) groups is 1. The molecule has 1 aliphatic rings. The summed E-state index contributed by atoms with van der Waals surface area (Å²) in [7, 11) is 1.64. The SMILES string of the molecule is COc1ccccc1Cc1cnc(C2CCCCN2C(=O)c2cc(-c3cccc(F)c3)no2)o1. The van der Waals surface area contributed by atoms with Gasteiger partial charge in [0.05, 0.1) is 13.3 Å². The Bertz CT molecular complexity index is 1300. The van der Waals surface area contributed by atoms with Crippen molar-refractivity contribution in [3.05, 3.63) is 89.6 Å². The summed E-state index contributed by atoms with van der Waals surface area (Å²) in [6.45, 7) is 0.559. The molecular weight excluding hydrogens is 437 g/mol. The van der Waals surface area contributed by atoms with E-state index in [0.717, 1.165) is 30.6 Å². The molecule has 1 aliphatic heterocycles. The molecule has 7 nitrogen and oxygen atoms in total. The van der Waals surface area contributed by atoms with E-state index in [0.29, 0.717) is 35.9 Å². The van der Waals surface area contributed by atoms with E-state index in [4.69, 9.17) is 13.7 Å². The maximum Gasteiger partial charge on any atom is 0.293 e. The highest BCUT2D eigenvalue weighted by Crippen LogP contribution is 2.33. The van der Waals surface area contributed by atoms with E-state index in [1.165, 1.54) is 12.1 Å². The number of piperidine rings is 1. The van der Waals surface area contributed by atoms with Crippen LogP contribution in [0.5, 0.6) is 5.75 Å². The lowest BCUT2D eigenvalue weighted by molar-refractivity contribution is 0.0528. The Labute approximate surface area is 196 Å². The fourth-order valence-corrected chi connectivity index (χ4v) is 4.33. The molecule has 34 heavy (non-hydrogen) atoms. The highest BCUT2D eigenvalue weighted by molar-refractivity contribution is 5.92. The number of hydrogen-bond acceptors (Lipinski definition) is 6. The molecular formula is C26H24FN3O4. The van der Waals surface area contributed by atoms with Crippen LogP contribution in [-0.2, 0) is 6.42 Å². The Morgan fingerprint density at radius 3 is 2.91 bits per heavy atom. The number of para-hydroxylation sites is 1. The topological polar surface area (TPSA) is 81.6 Å². The van der Waals surface area contributed by atoms with Gasteiger partial charge in [0, 0.05) is 30.2 Å². The van der Waals surface area contributed by atoms with Gasteiger partial charge in [-0.1, -0.05) is 35.5 Å². The molecule has 1 saturated heterocycles. The summed E-state index contributed by atoms with van der Waals surface area (Å²) in [5.41, 5.74) is 1.95. The second-order valence-corrected chi connectivity index (χ2v) is 8.25. The molecule has 0 spiro atoms. The largest absolute Gasteiger partial charge is 0.496 e. The highest BCUT2D eigenvalue weighted by Gasteiger charge is 2.34. The number of rotatable bonds is 6. The van der Waals surface area contributed by atoms with Crippen LogP contribution < -0.4 is 4.74 Å². The van der Waals surface area contributed by atoms with E-state index in [1.54, 1.807) is 36.4 Å². The van der Waals surface area contributed by atoms with Crippen molar-refractivity contribution in [2.75, 3.05) is 13.7 Å². The number of aromatic nitrogens is 2. The quantitative estimate of drug-likeness (QED) is 0.381. The summed E-state index contributed by atoms with van der Waals surface area (Å²) in [5, 5.41) is 3.97. The number of oxazole rings is 1. The number of amides is 1. The Balaban J connectivity index is 1.35. The average molecular weight is 461 g/mol. The van der Waals surface area contributed by atoms with Gasteiger partial charge in [-0.15, -0.1) is 0 Å². The van der Waals surface area contributed by atoms with Crippen molar-refractivity contribution in [1.29, 1.82) is 0 Å². The molecule has 0 aliphatic carbocycles. The van der Waals surface area contributed by atoms with Crippen molar-refractivity contribution >= 4 is 5.91 Å². The molecule has 8 heteroatoms. The fourth-order valence-electron chi connectivity index (χ4n) is 4.33. The van der Waals surface area contributed by atoms with Crippen molar-refractivity contribution in [1.82, 2.24) is 15.0 Å². The number of hydrogen-bond donors (Lipinski definition) is 0. The number of nitrogens with zero attached hydrogens (tertiary/aromatic N) is 3. The monoisotopic (exact) mass is 461 g/mol. The molecule has 1 atom stereocenters. The van der Waals surface area contributed by atoms with E-state index in [-0.39, 0.29) is 23.5 Å². The summed E-state index contributed by atoms with van der Waals surface area (Å²) < 4.78 is 30.4. The van der Waals surface area contributed by atoms with Crippen LogP contribution in [0, 0.1) is 5.82 Å². The molecule has 174 valence electrons. The maximum absolute atomic E-state index is 13.6. The molecule has 0 saturated carbocycles. The maximum atomic E-state index is 13.6. The number of likely N-dealkylation sites (tertiary alicyclic amines) is 1. The Morgan fingerprint density at radius 2 is 2.06 bits per heavy atom. The van der Waals surface area contributed by atoms with Crippen LogP contribution in [0.4, 0.5) is 4.39 Å². The van der Waals surface area contributed by atoms with Crippen molar-refractivity contribution in [2.24, 2.45) is 0 Å². The molecule has 0 bridgehead atoms. The van der Waals surface area contributed by atoms with Gasteiger partial charge in [0.2, 0.25) is 11.7 Å². The molecule has 0 N–H and O–H groups in total. The lowest BCUT2D eigenvalue weighted by Crippen LogP contribution is -2.38. The van der Waals surface area contributed by atoms with Gasteiger partial charge in [0.25, 0.3) is 5.91 Å². The molecule has 2 aromatic heterocycles. The summed E-state index contributed by atoms with van der Waals surface area (Å²) >= 11 is 0. The molecule has 1 fully saturated rings. The van der Waals surface area contributed by atoms with Crippen molar-refractivity contribution in [3.8, 4) is 17.0 Å². The Morgan fingerprint density at radius 1 is 1.18 bits per heavy atom. The van der Waals surface area contributed by atoms with Gasteiger partial charge in [-0.05, 0) is 37.5 Å². The van der Waals surface area contributed by atoms with Crippen LogP contribution in [-0.4, -0.2) is 34.6 Å². The van der Waals surface area contributed by atoms with Crippen molar-refractivity contribution in [3.63, 3.8) is 0 Å². The second kappa shape index (κ2) is 9.51. The van der Waals surface area contributed by atoms with Gasteiger partial charge >= 0.3 is 0 Å². The van der Waals surface area contributed by atoms with Crippen LogP contribution in [0.25, 0.3) is 11.3 Å². The van der Waals surface area contributed by atoms with Crippen LogP contribution >= 0.6 is 0 Å². The van der Waals surface area contributed by atoms with E-state index in [9.17, 15) is 9.18 Å². The lowest BCUT2D eigenvalue weighted by Gasteiger charge is -2.32. The number of benzene rings is 2. The summed E-state index contributed by atoms with van der Waals surface area (Å²) in [5.74, 6) is 1.43. The van der Waals surface area contributed by atoms with E-state index < -0.39 is 0 Å². The predicted octanol–water partition coefficient (Wildman–Crippen LogP) is 5.44. The average Bonchev–Trinajstić information content (AvgIpc) is 3.54. The third kappa shape index (κ3) is 4.44. The summed E-state index contributed by atoms with van der Waals surface area (Å²) in [4.78, 5) is 19.5. The Kier molecular flexibility index (Phi) is 6.12. The molecule has 2 aromatic carbocycles. The summed E-state index contributed by atoms with van der Waals surface area (Å²) in [6, 6.07) is 15.0. The Hall–Kier alpha value is -3.94. The normalized spacial score (nSPS) is 15.9. The minimum Gasteiger partial charge on any atom is -0.496 e. The van der Waals surface area contributed by atoms with Crippen molar-refractivity contribution < 1.29 is 22.9 Å². The van der Waals surface area contributed by atoms with Crippen LogP contribution in [0.3, 0.4) is 0 Å². The third-order valence-corrected chi connectivity index (χ3v) is 6.02. The molecule has 1 unspecified atom stereocenters. The lowest BCUT2D eigenvalue weighted by atomic mass is 10.0. The van der Waals surface area contributed by atoms with E-state index in [2.05, 4.69) is 10.1 Å². The molecule has 4 aromatic rings. The number of carbonyl (C=O) groups excluding carboxylic acids is 1. The van der Waals surface area contributed by atoms with Crippen molar-refractivity contribution in [2.45, 2.75) is 31.7 Å². The zero-order valence-corrected chi connectivity index (χ0v) is 18.7. The predicted molar refractivity (Wildman–Crippen MR) is 122 cm³/mol.